The van der Waals surface area contributed by atoms with Crippen LogP contribution in [0.3, 0.4) is 0 Å². The molecule has 27 heavy (non-hydrogen) atoms. The van der Waals surface area contributed by atoms with Crippen molar-refractivity contribution in [3.8, 4) is 17.1 Å². The van der Waals surface area contributed by atoms with E-state index in [0.29, 0.717) is 5.56 Å². The Morgan fingerprint density at radius 3 is 2.33 bits per heavy atom. The van der Waals surface area contributed by atoms with Crippen LogP contribution in [0.5, 0.6) is 5.75 Å². The number of aryl methyl sites for hydroxylation is 1. The lowest BCUT2D eigenvalue weighted by Gasteiger charge is -2.08. The molecule has 134 valence electrons. The van der Waals surface area contributed by atoms with Crippen molar-refractivity contribution in [2.45, 2.75) is 0 Å². The fourth-order valence-corrected chi connectivity index (χ4v) is 3.05. The molecule has 0 radical (unpaired) electrons. The van der Waals surface area contributed by atoms with Crippen LogP contribution in [0.4, 0.5) is 5.69 Å². The van der Waals surface area contributed by atoms with Crippen LogP contribution in [-0.2, 0) is 7.05 Å². The summed E-state index contributed by atoms with van der Waals surface area (Å²) in [5, 5.41) is 2.91. The van der Waals surface area contributed by atoms with Crippen LogP contribution in [-0.4, -0.2) is 22.6 Å². The number of anilines is 1. The Morgan fingerprint density at radius 2 is 1.67 bits per heavy atom. The van der Waals surface area contributed by atoms with Crippen molar-refractivity contribution in [3.63, 3.8) is 0 Å². The number of nitrogens with zero attached hydrogens (tertiary/aromatic N) is 2. The molecule has 1 heterocycles. The summed E-state index contributed by atoms with van der Waals surface area (Å²) in [4.78, 5) is 17.1. The van der Waals surface area contributed by atoms with Crippen molar-refractivity contribution < 1.29 is 9.53 Å². The molecule has 0 aliphatic carbocycles. The lowest BCUT2D eigenvalue weighted by molar-refractivity contribution is 0.102. The number of imidazole rings is 1. The lowest BCUT2D eigenvalue weighted by atomic mass is 10.1. The van der Waals surface area contributed by atoms with Gasteiger partial charge < -0.3 is 14.6 Å². The summed E-state index contributed by atoms with van der Waals surface area (Å²) in [5.74, 6) is 1.45. The number of carbonyl (C=O) groups is 1. The first kappa shape index (κ1) is 16.8. The van der Waals surface area contributed by atoms with Crippen molar-refractivity contribution in [2.75, 3.05) is 12.4 Å². The summed E-state index contributed by atoms with van der Waals surface area (Å²) in [7, 11) is 3.60. The smallest absolute Gasteiger partial charge is 0.255 e. The number of aromatic nitrogens is 2. The van der Waals surface area contributed by atoms with Gasteiger partial charge in [-0.25, -0.2) is 4.98 Å². The average molecular weight is 357 g/mol. The van der Waals surface area contributed by atoms with E-state index in [9.17, 15) is 4.79 Å². The van der Waals surface area contributed by atoms with E-state index in [2.05, 4.69) is 16.0 Å². The first-order chi connectivity index (χ1) is 13.2. The van der Waals surface area contributed by atoms with Gasteiger partial charge in [-0.2, -0.15) is 0 Å². The van der Waals surface area contributed by atoms with Gasteiger partial charge in [-0.05, 0) is 60.7 Å². The maximum Gasteiger partial charge on any atom is 0.255 e. The van der Waals surface area contributed by atoms with Crippen LogP contribution in [0, 0.1) is 0 Å². The number of hydrogen-bond donors (Lipinski definition) is 1. The van der Waals surface area contributed by atoms with Crippen LogP contribution < -0.4 is 10.1 Å². The monoisotopic (exact) mass is 357 g/mol. The van der Waals surface area contributed by atoms with Crippen LogP contribution in [0.1, 0.15) is 10.4 Å². The van der Waals surface area contributed by atoms with E-state index in [1.807, 2.05) is 49.5 Å². The predicted octanol–water partition coefficient (Wildman–Crippen LogP) is 4.50. The van der Waals surface area contributed by atoms with Gasteiger partial charge >= 0.3 is 0 Å². The Hall–Kier alpha value is -3.60. The highest BCUT2D eigenvalue weighted by molar-refractivity contribution is 6.04. The minimum Gasteiger partial charge on any atom is -0.497 e. The van der Waals surface area contributed by atoms with Gasteiger partial charge in [0.15, 0.2) is 0 Å². The highest BCUT2D eigenvalue weighted by Gasteiger charge is 2.10. The second kappa shape index (κ2) is 6.96. The third-order valence-electron chi connectivity index (χ3n) is 4.54. The average Bonchev–Trinajstić information content (AvgIpc) is 3.05. The Morgan fingerprint density at radius 1 is 0.963 bits per heavy atom. The number of para-hydroxylation sites is 2. The summed E-state index contributed by atoms with van der Waals surface area (Å²) in [6.07, 6.45) is 0. The fraction of sp³-hybridized carbons (Fsp3) is 0.0909. The van der Waals surface area contributed by atoms with E-state index in [-0.39, 0.29) is 5.91 Å². The molecule has 0 aliphatic heterocycles. The molecule has 0 spiro atoms. The van der Waals surface area contributed by atoms with Crippen molar-refractivity contribution in [2.24, 2.45) is 7.05 Å². The van der Waals surface area contributed by atoms with Gasteiger partial charge in [0.2, 0.25) is 0 Å². The lowest BCUT2D eigenvalue weighted by Crippen LogP contribution is -2.11. The number of ether oxygens (including phenoxy) is 1. The van der Waals surface area contributed by atoms with Gasteiger partial charge in [0.1, 0.15) is 11.6 Å². The molecular formula is C22H19N3O2. The molecular weight excluding hydrogens is 338 g/mol. The maximum atomic E-state index is 12.4. The van der Waals surface area contributed by atoms with Crippen LogP contribution in [0.15, 0.2) is 72.8 Å². The van der Waals surface area contributed by atoms with E-state index in [1.165, 1.54) is 0 Å². The molecule has 0 aliphatic rings. The number of rotatable bonds is 4. The Balaban J connectivity index is 1.54. The van der Waals surface area contributed by atoms with Gasteiger partial charge in [0.05, 0.1) is 18.1 Å². The molecule has 4 aromatic rings. The minimum absolute atomic E-state index is 0.159. The van der Waals surface area contributed by atoms with Gasteiger partial charge in [-0.15, -0.1) is 0 Å². The number of benzene rings is 3. The number of methoxy groups -OCH3 is 1. The second-order valence-corrected chi connectivity index (χ2v) is 6.24. The molecule has 5 nitrogen and oxygen atoms in total. The molecule has 0 atom stereocenters. The van der Waals surface area contributed by atoms with Gasteiger partial charge in [-0.3, -0.25) is 4.79 Å². The molecule has 1 amide bonds. The Bertz CT molecular complexity index is 1100. The predicted molar refractivity (Wildman–Crippen MR) is 107 cm³/mol. The standard InChI is InChI=1S/C22H19N3O2/c1-25-20-6-4-3-5-19(20)24-21(25)15-7-11-17(12-8-15)23-22(26)16-9-13-18(27-2)14-10-16/h3-14H,1-2H3,(H,23,26). The highest BCUT2D eigenvalue weighted by atomic mass is 16.5. The zero-order valence-corrected chi connectivity index (χ0v) is 15.1. The first-order valence-electron chi connectivity index (χ1n) is 8.63. The number of carbonyl (C=O) groups excluding carboxylic acids is 1. The second-order valence-electron chi connectivity index (χ2n) is 6.24. The van der Waals surface area contributed by atoms with E-state index < -0.39 is 0 Å². The Kier molecular flexibility index (Phi) is 4.34. The van der Waals surface area contributed by atoms with E-state index in [4.69, 9.17) is 9.72 Å². The first-order valence-corrected chi connectivity index (χ1v) is 8.63. The summed E-state index contributed by atoms with van der Waals surface area (Å²) >= 11 is 0. The van der Waals surface area contributed by atoms with Crippen LogP contribution in [0.25, 0.3) is 22.4 Å². The summed E-state index contributed by atoms with van der Waals surface area (Å²) in [5.41, 5.74) is 4.36. The van der Waals surface area contributed by atoms with Gasteiger partial charge in [0.25, 0.3) is 5.91 Å². The van der Waals surface area contributed by atoms with E-state index >= 15 is 0 Å². The molecule has 1 aromatic heterocycles. The third kappa shape index (κ3) is 3.27. The molecule has 0 saturated heterocycles. The highest BCUT2D eigenvalue weighted by Crippen LogP contribution is 2.25. The summed E-state index contributed by atoms with van der Waals surface area (Å²) < 4.78 is 7.18. The van der Waals surface area contributed by atoms with Crippen molar-refractivity contribution in [3.05, 3.63) is 78.4 Å². The topological polar surface area (TPSA) is 56.1 Å². The molecule has 0 saturated carbocycles. The minimum atomic E-state index is -0.159. The van der Waals surface area contributed by atoms with Gasteiger partial charge in [-0.1, -0.05) is 12.1 Å². The Labute approximate surface area is 157 Å². The van der Waals surface area contributed by atoms with Crippen LogP contribution >= 0.6 is 0 Å². The third-order valence-corrected chi connectivity index (χ3v) is 4.54. The van der Waals surface area contributed by atoms with Gasteiger partial charge in [0, 0.05) is 23.9 Å². The quantitative estimate of drug-likeness (QED) is 0.585. The van der Waals surface area contributed by atoms with E-state index in [0.717, 1.165) is 33.9 Å². The molecule has 3 aromatic carbocycles. The molecule has 4 rings (SSSR count). The molecule has 1 N–H and O–H groups in total. The largest absolute Gasteiger partial charge is 0.497 e. The molecule has 5 heteroatoms. The number of amides is 1. The van der Waals surface area contributed by atoms with Crippen LogP contribution in [0.2, 0.25) is 0 Å². The molecule has 0 unspecified atom stereocenters. The normalized spacial score (nSPS) is 10.7. The molecule has 0 fully saturated rings. The number of fused-ring (bicyclic) bond motifs is 1. The number of nitrogens with one attached hydrogen (secondary N) is 1. The summed E-state index contributed by atoms with van der Waals surface area (Å²) in [6, 6.07) is 22.7. The van der Waals surface area contributed by atoms with Crippen molar-refractivity contribution >= 4 is 22.6 Å². The SMILES string of the molecule is COc1ccc(C(=O)Nc2ccc(-c3nc4ccccc4n3C)cc2)cc1. The zero-order chi connectivity index (χ0) is 18.8. The number of hydrogen-bond acceptors (Lipinski definition) is 3. The van der Waals surface area contributed by atoms with Crippen molar-refractivity contribution in [1.29, 1.82) is 0 Å². The fourth-order valence-electron chi connectivity index (χ4n) is 3.05. The maximum absolute atomic E-state index is 12.4. The van der Waals surface area contributed by atoms with Crippen molar-refractivity contribution in [1.82, 2.24) is 9.55 Å². The van der Waals surface area contributed by atoms with E-state index in [1.54, 1.807) is 31.4 Å². The summed E-state index contributed by atoms with van der Waals surface area (Å²) in [6.45, 7) is 0. The zero-order valence-electron chi connectivity index (χ0n) is 15.1. The molecule has 0 bridgehead atoms.